The number of pyridine rings is 1. The molecule has 2 saturated heterocycles. The van der Waals surface area contributed by atoms with Crippen molar-refractivity contribution in [2.75, 3.05) is 11.5 Å². The van der Waals surface area contributed by atoms with Gasteiger partial charge in [-0.3, -0.25) is 9.78 Å². The summed E-state index contributed by atoms with van der Waals surface area (Å²) in [4.78, 5) is 34.6. The summed E-state index contributed by atoms with van der Waals surface area (Å²) in [6, 6.07) is 3.89. The first-order chi connectivity index (χ1) is 13.7. The Balaban J connectivity index is 1.72. The van der Waals surface area contributed by atoms with Crippen LogP contribution in [0, 0.1) is 16.7 Å². The maximum absolute atomic E-state index is 13.1. The van der Waals surface area contributed by atoms with Crippen molar-refractivity contribution < 1.29 is 14.3 Å². The molecule has 4 rings (SSSR count). The number of hydrogen-bond acceptors (Lipinski definition) is 6. The van der Waals surface area contributed by atoms with Gasteiger partial charge in [0.25, 0.3) is 5.91 Å². The standard InChI is InChI=1S/C21H24N4O3S/c1-20(2,3)9-15-16(23-11-13-8-14(10-22)24-17(13)15)12-25-18(26)21(28-19(25)27)4-6-29-7-5-21/h8,11,24H,4-7,9,12H2,1-3H3. The molecule has 0 aromatic carbocycles. The van der Waals surface area contributed by atoms with Crippen LogP contribution in [0.2, 0.25) is 0 Å². The number of nitriles is 1. The van der Waals surface area contributed by atoms with E-state index in [1.54, 1.807) is 24.0 Å². The van der Waals surface area contributed by atoms with E-state index in [4.69, 9.17) is 4.74 Å². The van der Waals surface area contributed by atoms with Crippen LogP contribution in [0.25, 0.3) is 10.9 Å². The molecule has 2 aliphatic rings. The highest BCUT2D eigenvalue weighted by atomic mass is 32.2. The smallest absolute Gasteiger partial charge is 0.418 e. The highest BCUT2D eigenvalue weighted by Gasteiger charge is 2.54. The molecule has 2 fully saturated rings. The van der Waals surface area contributed by atoms with Gasteiger partial charge < -0.3 is 9.72 Å². The van der Waals surface area contributed by atoms with Crippen molar-refractivity contribution in [2.45, 2.75) is 52.2 Å². The summed E-state index contributed by atoms with van der Waals surface area (Å²) in [6.45, 7) is 6.43. The van der Waals surface area contributed by atoms with Crippen LogP contribution >= 0.6 is 11.8 Å². The SMILES string of the molecule is CC(C)(C)Cc1c(CN2C(=O)OC3(CCSCC3)C2=O)ncc2cc(C#N)[nH]c12. The summed E-state index contributed by atoms with van der Waals surface area (Å²) in [6.07, 6.45) is 2.91. The van der Waals surface area contributed by atoms with Gasteiger partial charge in [-0.15, -0.1) is 0 Å². The Bertz CT molecular complexity index is 1020. The van der Waals surface area contributed by atoms with E-state index in [1.165, 1.54) is 4.90 Å². The second kappa shape index (κ2) is 7.06. The van der Waals surface area contributed by atoms with E-state index in [9.17, 15) is 14.9 Å². The van der Waals surface area contributed by atoms with Crippen LogP contribution in [-0.4, -0.2) is 44.0 Å². The van der Waals surface area contributed by atoms with E-state index in [2.05, 4.69) is 36.8 Å². The highest BCUT2D eigenvalue weighted by molar-refractivity contribution is 7.99. The van der Waals surface area contributed by atoms with Crippen LogP contribution in [0.15, 0.2) is 12.3 Å². The fourth-order valence-electron chi connectivity index (χ4n) is 4.01. The zero-order chi connectivity index (χ0) is 20.8. The number of rotatable bonds is 3. The lowest BCUT2D eigenvalue weighted by Crippen LogP contribution is -2.43. The molecule has 1 spiro atoms. The maximum atomic E-state index is 13.1. The van der Waals surface area contributed by atoms with E-state index in [0.29, 0.717) is 30.7 Å². The summed E-state index contributed by atoms with van der Waals surface area (Å²) in [5.74, 6) is 1.37. The normalized spacial score (nSPS) is 19.0. The third kappa shape index (κ3) is 3.60. The van der Waals surface area contributed by atoms with Crippen LogP contribution in [0.4, 0.5) is 4.79 Å². The first-order valence-corrected chi connectivity index (χ1v) is 10.9. The number of carbonyl (C=O) groups is 2. The Labute approximate surface area is 173 Å². The molecular formula is C21H24N4O3S. The van der Waals surface area contributed by atoms with Crippen molar-refractivity contribution in [3.05, 3.63) is 29.2 Å². The molecule has 1 N–H and O–H groups in total. The number of imide groups is 1. The first kappa shape index (κ1) is 19.8. The van der Waals surface area contributed by atoms with Crippen molar-refractivity contribution in [3.8, 4) is 6.07 Å². The van der Waals surface area contributed by atoms with Crippen LogP contribution in [0.3, 0.4) is 0 Å². The number of nitrogens with zero attached hydrogens (tertiary/aromatic N) is 3. The zero-order valence-corrected chi connectivity index (χ0v) is 17.7. The van der Waals surface area contributed by atoms with Crippen LogP contribution in [-0.2, 0) is 22.5 Å². The van der Waals surface area contributed by atoms with Gasteiger partial charge in [0.2, 0.25) is 0 Å². The average molecular weight is 413 g/mol. The second-order valence-corrected chi connectivity index (χ2v) is 10.1. The molecule has 4 heterocycles. The average Bonchev–Trinajstić information content (AvgIpc) is 3.18. The van der Waals surface area contributed by atoms with Crippen molar-refractivity contribution in [3.63, 3.8) is 0 Å². The molecule has 0 unspecified atom stereocenters. The minimum absolute atomic E-state index is 0.0417. The number of carbonyl (C=O) groups excluding carboxylic acids is 2. The number of fused-ring (bicyclic) bond motifs is 1. The van der Waals surface area contributed by atoms with Gasteiger partial charge in [-0.2, -0.15) is 17.0 Å². The molecule has 0 bridgehead atoms. The lowest BCUT2D eigenvalue weighted by molar-refractivity contribution is -0.137. The summed E-state index contributed by atoms with van der Waals surface area (Å²) in [5.41, 5.74) is 1.84. The number of nitrogens with one attached hydrogen (secondary N) is 1. The third-order valence-corrected chi connectivity index (χ3v) is 6.42. The van der Waals surface area contributed by atoms with Crippen LogP contribution in [0.5, 0.6) is 0 Å². The number of amides is 2. The predicted molar refractivity (Wildman–Crippen MR) is 110 cm³/mol. The predicted octanol–water partition coefficient (Wildman–Crippen LogP) is 3.77. The Hall–Kier alpha value is -2.53. The number of hydrogen-bond donors (Lipinski definition) is 1. The molecule has 2 amide bonds. The van der Waals surface area contributed by atoms with E-state index in [0.717, 1.165) is 28.0 Å². The van der Waals surface area contributed by atoms with Gasteiger partial charge in [0.15, 0.2) is 5.60 Å². The lowest BCUT2D eigenvalue weighted by Gasteiger charge is -2.28. The molecule has 2 aliphatic heterocycles. The molecule has 2 aromatic rings. The lowest BCUT2D eigenvalue weighted by atomic mass is 9.86. The van der Waals surface area contributed by atoms with E-state index in [1.807, 2.05) is 0 Å². The van der Waals surface area contributed by atoms with Gasteiger partial charge in [-0.25, -0.2) is 9.69 Å². The summed E-state index contributed by atoms with van der Waals surface area (Å²) < 4.78 is 5.58. The monoisotopic (exact) mass is 412 g/mol. The second-order valence-electron chi connectivity index (χ2n) is 8.91. The number of H-pyrrole nitrogens is 1. The van der Waals surface area contributed by atoms with Gasteiger partial charge in [0, 0.05) is 30.0 Å². The Kier molecular flexibility index (Phi) is 4.82. The third-order valence-electron chi connectivity index (χ3n) is 5.43. The fraction of sp³-hybridized carbons (Fsp3) is 0.524. The Morgan fingerprint density at radius 3 is 2.72 bits per heavy atom. The molecule has 7 nitrogen and oxygen atoms in total. The van der Waals surface area contributed by atoms with Crippen molar-refractivity contribution >= 4 is 34.7 Å². The number of ether oxygens (including phenoxy) is 1. The first-order valence-electron chi connectivity index (χ1n) is 9.75. The molecular weight excluding hydrogens is 388 g/mol. The number of thioether (sulfide) groups is 1. The van der Waals surface area contributed by atoms with Crippen LogP contribution < -0.4 is 0 Å². The van der Waals surface area contributed by atoms with Crippen molar-refractivity contribution in [1.82, 2.24) is 14.9 Å². The highest BCUT2D eigenvalue weighted by Crippen LogP contribution is 2.38. The van der Waals surface area contributed by atoms with Crippen molar-refractivity contribution in [1.29, 1.82) is 5.26 Å². The Morgan fingerprint density at radius 2 is 2.07 bits per heavy atom. The fourth-order valence-corrected chi connectivity index (χ4v) is 5.16. The largest absolute Gasteiger partial charge is 0.432 e. The summed E-state index contributed by atoms with van der Waals surface area (Å²) in [7, 11) is 0. The van der Waals surface area contributed by atoms with Gasteiger partial charge in [-0.1, -0.05) is 20.8 Å². The zero-order valence-electron chi connectivity index (χ0n) is 16.9. The molecule has 0 atom stereocenters. The minimum atomic E-state index is -1.00. The molecule has 2 aromatic heterocycles. The van der Waals surface area contributed by atoms with E-state index in [-0.39, 0.29) is 17.9 Å². The van der Waals surface area contributed by atoms with Crippen LogP contribution in [0.1, 0.15) is 50.6 Å². The maximum Gasteiger partial charge on any atom is 0.418 e. The molecule has 29 heavy (non-hydrogen) atoms. The topological polar surface area (TPSA) is 99.1 Å². The van der Waals surface area contributed by atoms with Gasteiger partial charge in [0.1, 0.15) is 11.8 Å². The molecule has 0 aliphatic carbocycles. The minimum Gasteiger partial charge on any atom is -0.432 e. The number of aromatic amines is 1. The summed E-state index contributed by atoms with van der Waals surface area (Å²) in [5, 5.41) is 10.1. The van der Waals surface area contributed by atoms with E-state index >= 15 is 0 Å². The molecule has 152 valence electrons. The Morgan fingerprint density at radius 1 is 1.34 bits per heavy atom. The molecule has 8 heteroatoms. The van der Waals surface area contributed by atoms with E-state index < -0.39 is 11.7 Å². The number of aromatic nitrogens is 2. The summed E-state index contributed by atoms with van der Waals surface area (Å²) >= 11 is 1.77. The quantitative estimate of drug-likeness (QED) is 0.824. The van der Waals surface area contributed by atoms with Crippen molar-refractivity contribution in [2.24, 2.45) is 5.41 Å². The molecule has 0 saturated carbocycles. The molecule has 0 radical (unpaired) electrons. The van der Waals surface area contributed by atoms with Gasteiger partial charge in [-0.05, 0) is 29.4 Å². The van der Waals surface area contributed by atoms with Gasteiger partial charge >= 0.3 is 6.09 Å². The van der Waals surface area contributed by atoms with Gasteiger partial charge in [0.05, 0.1) is 17.8 Å².